The van der Waals surface area contributed by atoms with E-state index in [2.05, 4.69) is 0 Å². The molecule has 6 heteroatoms. The molecule has 1 aromatic rings. The Bertz CT molecular complexity index is 453. The van der Waals surface area contributed by atoms with Gasteiger partial charge in [0.1, 0.15) is 0 Å². The van der Waals surface area contributed by atoms with Crippen LogP contribution in [0.3, 0.4) is 0 Å². The zero-order valence-corrected chi connectivity index (χ0v) is 8.66. The molecule has 0 atom stereocenters. The van der Waals surface area contributed by atoms with E-state index in [1.54, 1.807) is 0 Å². The van der Waals surface area contributed by atoms with Crippen molar-refractivity contribution in [2.45, 2.75) is 12.8 Å². The standard InChI is InChI=1S/C11H10F3NO2/c12-11(13,14)9-3-1-7(2-4-10(15)17)8(5-9)6-16/h1-5,16H,6H2,(H2,15,17). The number of alkyl halides is 3. The van der Waals surface area contributed by atoms with Gasteiger partial charge in [0, 0.05) is 6.08 Å². The summed E-state index contributed by atoms with van der Waals surface area (Å²) in [6.07, 6.45) is -2.19. The maximum absolute atomic E-state index is 12.4. The number of carbonyl (C=O) groups is 1. The van der Waals surface area contributed by atoms with Crippen molar-refractivity contribution in [2.75, 3.05) is 0 Å². The van der Waals surface area contributed by atoms with Crippen molar-refractivity contribution in [1.29, 1.82) is 0 Å². The number of amides is 1. The number of benzene rings is 1. The number of aliphatic hydroxyl groups is 1. The summed E-state index contributed by atoms with van der Waals surface area (Å²) in [4.78, 5) is 10.5. The number of hydrogen-bond acceptors (Lipinski definition) is 2. The summed E-state index contributed by atoms with van der Waals surface area (Å²) in [6, 6.07) is 2.88. The number of halogens is 3. The molecule has 0 aliphatic rings. The number of primary amides is 1. The third-order valence-electron chi connectivity index (χ3n) is 2.07. The van der Waals surface area contributed by atoms with E-state index in [0.717, 1.165) is 18.2 Å². The highest BCUT2D eigenvalue weighted by Gasteiger charge is 2.30. The van der Waals surface area contributed by atoms with Gasteiger partial charge < -0.3 is 10.8 Å². The van der Waals surface area contributed by atoms with Gasteiger partial charge in [0.05, 0.1) is 12.2 Å². The predicted octanol–water partition coefficient (Wildman–Crippen LogP) is 1.70. The van der Waals surface area contributed by atoms with E-state index in [9.17, 15) is 18.0 Å². The van der Waals surface area contributed by atoms with Crippen LogP contribution in [0.15, 0.2) is 24.3 Å². The first-order chi connectivity index (χ1) is 7.84. The fraction of sp³-hybridized carbons (Fsp3) is 0.182. The Balaban J connectivity index is 3.14. The van der Waals surface area contributed by atoms with E-state index in [0.29, 0.717) is 5.56 Å². The number of rotatable bonds is 3. The van der Waals surface area contributed by atoms with Gasteiger partial charge in [-0.25, -0.2) is 0 Å². The van der Waals surface area contributed by atoms with E-state index < -0.39 is 24.3 Å². The minimum atomic E-state index is -4.46. The highest BCUT2D eigenvalue weighted by molar-refractivity contribution is 5.90. The number of hydrogen-bond donors (Lipinski definition) is 2. The van der Waals surface area contributed by atoms with Crippen molar-refractivity contribution in [3.63, 3.8) is 0 Å². The molecule has 0 saturated carbocycles. The van der Waals surface area contributed by atoms with Crippen LogP contribution >= 0.6 is 0 Å². The first-order valence-electron chi connectivity index (χ1n) is 4.63. The quantitative estimate of drug-likeness (QED) is 0.796. The van der Waals surface area contributed by atoms with Gasteiger partial charge in [-0.15, -0.1) is 0 Å². The van der Waals surface area contributed by atoms with Crippen molar-refractivity contribution < 1.29 is 23.1 Å². The molecule has 1 rings (SSSR count). The predicted molar refractivity (Wildman–Crippen MR) is 55.6 cm³/mol. The molecule has 1 amide bonds. The van der Waals surface area contributed by atoms with E-state index in [1.165, 1.54) is 12.1 Å². The topological polar surface area (TPSA) is 63.3 Å². The Morgan fingerprint density at radius 2 is 2.06 bits per heavy atom. The van der Waals surface area contributed by atoms with Crippen LogP contribution in [-0.4, -0.2) is 11.0 Å². The average molecular weight is 245 g/mol. The molecule has 0 saturated heterocycles. The van der Waals surface area contributed by atoms with Gasteiger partial charge in [-0.3, -0.25) is 4.79 Å². The molecule has 1 aromatic carbocycles. The number of nitrogens with two attached hydrogens (primary N) is 1. The molecule has 17 heavy (non-hydrogen) atoms. The lowest BCUT2D eigenvalue weighted by molar-refractivity contribution is -0.137. The van der Waals surface area contributed by atoms with Crippen molar-refractivity contribution >= 4 is 12.0 Å². The van der Waals surface area contributed by atoms with Crippen LogP contribution in [0.1, 0.15) is 16.7 Å². The summed E-state index contributed by atoms with van der Waals surface area (Å²) in [5, 5.41) is 8.96. The van der Waals surface area contributed by atoms with E-state index >= 15 is 0 Å². The first-order valence-corrected chi connectivity index (χ1v) is 4.63. The van der Waals surface area contributed by atoms with Crippen LogP contribution in [0.25, 0.3) is 6.08 Å². The average Bonchev–Trinajstić information content (AvgIpc) is 2.24. The molecule has 0 unspecified atom stereocenters. The maximum atomic E-state index is 12.4. The Morgan fingerprint density at radius 3 is 2.53 bits per heavy atom. The lowest BCUT2D eigenvalue weighted by Crippen LogP contribution is -2.07. The molecule has 3 nitrogen and oxygen atoms in total. The molecule has 0 spiro atoms. The second-order valence-corrected chi connectivity index (χ2v) is 3.31. The molecule has 0 aliphatic heterocycles. The normalized spacial score (nSPS) is 12.0. The number of aliphatic hydroxyl groups excluding tert-OH is 1. The fourth-order valence-corrected chi connectivity index (χ4v) is 1.25. The van der Waals surface area contributed by atoms with Crippen LogP contribution in [0.5, 0.6) is 0 Å². The summed E-state index contributed by atoms with van der Waals surface area (Å²) in [7, 11) is 0. The monoisotopic (exact) mass is 245 g/mol. The zero-order chi connectivity index (χ0) is 13.1. The minimum Gasteiger partial charge on any atom is -0.392 e. The van der Waals surface area contributed by atoms with E-state index in [-0.39, 0.29) is 5.56 Å². The molecule has 92 valence electrons. The molecular weight excluding hydrogens is 235 g/mol. The lowest BCUT2D eigenvalue weighted by Gasteiger charge is -2.09. The maximum Gasteiger partial charge on any atom is 0.416 e. The molecule has 3 N–H and O–H groups in total. The Labute approximate surface area is 95.4 Å². The van der Waals surface area contributed by atoms with E-state index in [4.69, 9.17) is 10.8 Å². The van der Waals surface area contributed by atoms with Gasteiger partial charge in [-0.1, -0.05) is 6.07 Å². The Kier molecular flexibility index (Phi) is 3.90. The van der Waals surface area contributed by atoms with Gasteiger partial charge in [0.25, 0.3) is 0 Å². The third-order valence-corrected chi connectivity index (χ3v) is 2.07. The molecule has 0 fully saturated rings. The molecule has 0 aromatic heterocycles. The van der Waals surface area contributed by atoms with E-state index in [1.807, 2.05) is 0 Å². The lowest BCUT2D eigenvalue weighted by atomic mass is 10.0. The molecule has 0 aliphatic carbocycles. The van der Waals surface area contributed by atoms with Gasteiger partial charge in [0.2, 0.25) is 5.91 Å². The van der Waals surface area contributed by atoms with Crippen molar-refractivity contribution in [3.05, 3.63) is 41.0 Å². The van der Waals surface area contributed by atoms with Gasteiger partial charge >= 0.3 is 6.18 Å². The summed E-state index contributed by atoms with van der Waals surface area (Å²) >= 11 is 0. The van der Waals surface area contributed by atoms with Crippen LogP contribution in [0.2, 0.25) is 0 Å². The second-order valence-electron chi connectivity index (χ2n) is 3.31. The SMILES string of the molecule is NC(=O)C=Cc1ccc(C(F)(F)F)cc1CO. The largest absolute Gasteiger partial charge is 0.416 e. The summed E-state index contributed by atoms with van der Waals surface area (Å²) in [5.74, 6) is -0.714. The molecular formula is C11H10F3NO2. The second kappa shape index (κ2) is 5.01. The Morgan fingerprint density at radius 1 is 1.41 bits per heavy atom. The van der Waals surface area contributed by atoms with Crippen LogP contribution in [-0.2, 0) is 17.6 Å². The van der Waals surface area contributed by atoms with Gasteiger partial charge in [-0.2, -0.15) is 13.2 Å². The van der Waals surface area contributed by atoms with Crippen LogP contribution in [0, 0.1) is 0 Å². The molecule has 0 heterocycles. The van der Waals surface area contributed by atoms with Crippen molar-refractivity contribution in [3.8, 4) is 0 Å². The van der Waals surface area contributed by atoms with Crippen LogP contribution in [0.4, 0.5) is 13.2 Å². The highest BCUT2D eigenvalue weighted by atomic mass is 19.4. The fourth-order valence-electron chi connectivity index (χ4n) is 1.25. The van der Waals surface area contributed by atoms with Gasteiger partial charge in [0.15, 0.2) is 0 Å². The van der Waals surface area contributed by atoms with Crippen molar-refractivity contribution in [2.24, 2.45) is 5.73 Å². The zero-order valence-electron chi connectivity index (χ0n) is 8.66. The van der Waals surface area contributed by atoms with Crippen LogP contribution < -0.4 is 5.73 Å². The third kappa shape index (κ3) is 3.60. The minimum absolute atomic E-state index is 0.0809. The first kappa shape index (κ1) is 13.2. The van der Waals surface area contributed by atoms with Gasteiger partial charge in [-0.05, 0) is 29.3 Å². The smallest absolute Gasteiger partial charge is 0.392 e. The highest BCUT2D eigenvalue weighted by Crippen LogP contribution is 2.30. The van der Waals surface area contributed by atoms with Crippen molar-refractivity contribution in [1.82, 2.24) is 0 Å². The molecule has 0 bridgehead atoms. The summed E-state index contributed by atoms with van der Waals surface area (Å²) in [6.45, 7) is -0.553. The summed E-state index contributed by atoms with van der Waals surface area (Å²) in [5.41, 5.74) is 4.41. The number of carbonyl (C=O) groups excluding carboxylic acids is 1. The molecule has 0 radical (unpaired) electrons. The summed E-state index contributed by atoms with van der Waals surface area (Å²) < 4.78 is 37.1. The Hall–Kier alpha value is -1.82.